The van der Waals surface area contributed by atoms with E-state index >= 15 is 0 Å². The van der Waals surface area contributed by atoms with E-state index in [1.54, 1.807) is 6.20 Å². The van der Waals surface area contributed by atoms with Crippen LogP contribution in [-0.4, -0.2) is 45.5 Å². The van der Waals surface area contributed by atoms with Gasteiger partial charge in [-0.05, 0) is 12.8 Å². The molecule has 0 saturated heterocycles. The standard InChI is InChI=1S/C15H22N4O2/c1-18(11-6-4-2-3-5-7-11)14(20)13-8-12-9-16-10-19(12)15(21)17-13/h9-11,13H,2-8H2,1H3,(H,17,21)/t13-/m0/s1. The smallest absolute Gasteiger partial charge is 0.327 e. The molecule has 1 saturated carbocycles. The first-order valence-corrected chi connectivity index (χ1v) is 7.75. The van der Waals surface area contributed by atoms with Gasteiger partial charge in [0.25, 0.3) is 0 Å². The lowest BCUT2D eigenvalue weighted by Gasteiger charge is -2.32. The van der Waals surface area contributed by atoms with E-state index in [0.29, 0.717) is 12.5 Å². The van der Waals surface area contributed by atoms with Gasteiger partial charge in [-0.15, -0.1) is 0 Å². The number of carbonyl (C=O) groups is 2. The van der Waals surface area contributed by atoms with Gasteiger partial charge in [0.15, 0.2) is 0 Å². The third kappa shape index (κ3) is 2.80. The zero-order chi connectivity index (χ0) is 14.8. The average Bonchev–Trinajstić information content (AvgIpc) is 2.80. The molecule has 2 amide bonds. The highest BCUT2D eigenvalue weighted by Gasteiger charge is 2.33. The normalized spacial score (nSPS) is 23.1. The van der Waals surface area contributed by atoms with E-state index in [-0.39, 0.29) is 11.9 Å². The molecule has 6 heteroatoms. The number of hydrogen-bond acceptors (Lipinski definition) is 3. The van der Waals surface area contributed by atoms with Crippen molar-refractivity contribution in [2.24, 2.45) is 0 Å². The second-order valence-corrected chi connectivity index (χ2v) is 6.06. The number of hydrogen-bond donors (Lipinski definition) is 1. The molecule has 2 heterocycles. The molecule has 3 rings (SSSR count). The van der Waals surface area contributed by atoms with Gasteiger partial charge in [0.1, 0.15) is 12.4 Å². The zero-order valence-electron chi connectivity index (χ0n) is 12.4. The van der Waals surface area contributed by atoms with Gasteiger partial charge >= 0.3 is 6.03 Å². The molecule has 21 heavy (non-hydrogen) atoms. The highest BCUT2D eigenvalue weighted by atomic mass is 16.2. The summed E-state index contributed by atoms with van der Waals surface area (Å²) < 4.78 is 1.47. The number of nitrogens with zero attached hydrogens (tertiary/aromatic N) is 3. The first-order chi connectivity index (χ1) is 10.2. The van der Waals surface area contributed by atoms with Crippen LogP contribution in [0.15, 0.2) is 12.5 Å². The molecule has 1 fully saturated rings. The average molecular weight is 290 g/mol. The molecule has 1 aromatic rings. The molecule has 1 N–H and O–H groups in total. The number of nitrogens with one attached hydrogen (secondary N) is 1. The summed E-state index contributed by atoms with van der Waals surface area (Å²) in [5.41, 5.74) is 0.798. The molecular formula is C15H22N4O2. The lowest BCUT2D eigenvalue weighted by molar-refractivity contribution is -0.134. The predicted molar refractivity (Wildman–Crippen MR) is 77.9 cm³/mol. The molecule has 0 spiro atoms. The van der Waals surface area contributed by atoms with E-state index in [9.17, 15) is 9.59 Å². The Balaban J connectivity index is 1.69. The highest BCUT2D eigenvalue weighted by molar-refractivity contribution is 5.89. The number of aromatic nitrogens is 2. The van der Waals surface area contributed by atoms with Crippen LogP contribution >= 0.6 is 0 Å². The molecule has 1 aliphatic heterocycles. The van der Waals surface area contributed by atoms with Crippen LogP contribution < -0.4 is 5.32 Å². The van der Waals surface area contributed by atoms with E-state index in [1.165, 1.54) is 36.6 Å². The van der Waals surface area contributed by atoms with Crippen molar-refractivity contribution in [3.8, 4) is 0 Å². The van der Waals surface area contributed by atoms with Gasteiger partial charge in [-0.3, -0.25) is 9.36 Å². The zero-order valence-corrected chi connectivity index (χ0v) is 12.4. The third-order valence-corrected chi connectivity index (χ3v) is 4.66. The summed E-state index contributed by atoms with van der Waals surface area (Å²) in [5, 5.41) is 2.79. The molecule has 0 aromatic carbocycles. The van der Waals surface area contributed by atoms with E-state index in [2.05, 4.69) is 10.3 Å². The fourth-order valence-corrected chi connectivity index (χ4v) is 3.35. The molecule has 0 bridgehead atoms. The number of fused-ring (bicyclic) bond motifs is 1. The Morgan fingerprint density at radius 1 is 1.33 bits per heavy atom. The summed E-state index contributed by atoms with van der Waals surface area (Å²) in [6.45, 7) is 0. The number of imidazole rings is 1. The Kier molecular flexibility index (Phi) is 3.94. The molecule has 1 aliphatic carbocycles. The Morgan fingerprint density at radius 3 is 2.76 bits per heavy atom. The van der Waals surface area contributed by atoms with Crippen molar-refractivity contribution in [1.82, 2.24) is 19.8 Å². The minimum atomic E-state index is -0.463. The Morgan fingerprint density at radius 2 is 2.05 bits per heavy atom. The van der Waals surface area contributed by atoms with Crippen molar-refractivity contribution >= 4 is 11.9 Å². The number of amides is 2. The van der Waals surface area contributed by atoms with Gasteiger partial charge in [-0.25, -0.2) is 9.78 Å². The van der Waals surface area contributed by atoms with Crippen LogP contribution in [0.5, 0.6) is 0 Å². The summed E-state index contributed by atoms with van der Waals surface area (Å²) in [5.74, 6) is 0.0164. The minimum absolute atomic E-state index is 0.0164. The summed E-state index contributed by atoms with van der Waals surface area (Å²) >= 11 is 0. The van der Waals surface area contributed by atoms with Crippen LogP contribution in [0.2, 0.25) is 0 Å². The number of likely N-dealkylation sites (N-methyl/N-ethyl adjacent to an activating group) is 1. The largest absolute Gasteiger partial charge is 0.341 e. The van der Waals surface area contributed by atoms with Gasteiger partial charge in [0.05, 0.1) is 0 Å². The van der Waals surface area contributed by atoms with E-state index in [4.69, 9.17) is 0 Å². The van der Waals surface area contributed by atoms with Crippen molar-refractivity contribution in [2.75, 3.05) is 7.05 Å². The predicted octanol–water partition coefficient (Wildman–Crippen LogP) is 1.55. The molecule has 1 atom stereocenters. The molecule has 1 aromatic heterocycles. The summed E-state index contributed by atoms with van der Waals surface area (Å²) in [7, 11) is 1.87. The van der Waals surface area contributed by atoms with Crippen molar-refractivity contribution in [1.29, 1.82) is 0 Å². The lowest BCUT2D eigenvalue weighted by atomic mass is 10.0. The maximum Gasteiger partial charge on any atom is 0.327 e. The SMILES string of the molecule is CN(C(=O)[C@@H]1Cc2cncn2C(=O)N1)C1CCCCCC1. The van der Waals surface area contributed by atoms with Crippen LogP contribution in [0, 0.1) is 0 Å². The fourth-order valence-electron chi connectivity index (χ4n) is 3.35. The number of rotatable bonds is 2. The topological polar surface area (TPSA) is 67.2 Å². The molecule has 114 valence electrons. The van der Waals surface area contributed by atoms with Crippen molar-refractivity contribution < 1.29 is 9.59 Å². The number of carbonyl (C=O) groups excluding carboxylic acids is 2. The molecule has 0 radical (unpaired) electrons. The molecule has 0 unspecified atom stereocenters. The summed E-state index contributed by atoms with van der Waals surface area (Å²) in [4.78, 5) is 30.4. The first-order valence-electron chi connectivity index (χ1n) is 7.75. The van der Waals surface area contributed by atoms with Gasteiger partial charge in [-0.1, -0.05) is 25.7 Å². The second-order valence-electron chi connectivity index (χ2n) is 6.06. The first kappa shape index (κ1) is 14.1. The van der Waals surface area contributed by atoms with Crippen LogP contribution in [0.25, 0.3) is 0 Å². The van der Waals surface area contributed by atoms with E-state index in [1.807, 2.05) is 11.9 Å². The molecular weight excluding hydrogens is 268 g/mol. The highest BCUT2D eigenvalue weighted by Crippen LogP contribution is 2.22. The lowest BCUT2D eigenvalue weighted by Crippen LogP contribution is -2.54. The fraction of sp³-hybridized carbons (Fsp3) is 0.667. The van der Waals surface area contributed by atoms with Gasteiger partial charge < -0.3 is 10.2 Å². The minimum Gasteiger partial charge on any atom is -0.341 e. The van der Waals surface area contributed by atoms with Crippen LogP contribution in [0.4, 0.5) is 4.79 Å². The van der Waals surface area contributed by atoms with Crippen LogP contribution in [0.1, 0.15) is 44.2 Å². The van der Waals surface area contributed by atoms with Gasteiger partial charge in [0, 0.05) is 31.4 Å². The van der Waals surface area contributed by atoms with Gasteiger partial charge in [-0.2, -0.15) is 0 Å². The summed E-state index contributed by atoms with van der Waals surface area (Å²) in [6, 6.07) is -0.417. The molecule has 6 nitrogen and oxygen atoms in total. The van der Waals surface area contributed by atoms with Crippen LogP contribution in [0.3, 0.4) is 0 Å². The maximum absolute atomic E-state index is 12.7. The second kappa shape index (κ2) is 5.87. The van der Waals surface area contributed by atoms with Crippen molar-refractivity contribution in [3.63, 3.8) is 0 Å². The Hall–Kier alpha value is -1.85. The quantitative estimate of drug-likeness (QED) is 0.840. The summed E-state index contributed by atoms with van der Waals surface area (Å²) in [6.07, 6.45) is 10.7. The van der Waals surface area contributed by atoms with Gasteiger partial charge in [0.2, 0.25) is 5.91 Å². The maximum atomic E-state index is 12.7. The van der Waals surface area contributed by atoms with Crippen molar-refractivity contribution in [3.05, 3.63) is 18.2 Å². The van der Waals surface area contributed by atoms with E-state index in [0.717, 1.165) is 18.5 Å². The van der Waals surface area contributed by atoms with E-state index < -0.39 is 6.04 Å². The molecule has 2 aliphatic rings. The van der Waals surface area contributed by atoms with Crippen LogP contribution in [-0.2, 0) is 11.2 Å². The Labute approximate surface area is 124 Å². The Bertz CT molecular complexity index is 532. The monoisotopic (exact) mass is 290 g/mol. The third-order valence-electron chi connectivity index (χ3n) is 4.66. The van der Waals surface area contributed by atoms with Crippen molar-refractivity contribution in [2.45, 2.75) is 57.0 Å².